The van der Waals surface area contributed by atoms with E-state index in [9.17, 15) is 18.8 Å². The third-order valence-electron chi connectivity index (χ3n) is 3.44. The largest absolute Gasteiger partial charge is 0.452 e. The monoisotopic (exact) mass is 368 g/mol. The van der Waals surface area contributed by atoms with Gasteiger partial charge in [0.25, 0.3) is 5.91 Å². The average Bonchev–Trinajstić information content (AvgIpc) is 3.37. The van der Waals surface area contributed by atoms with Gasteiger partial charge in [0.2, 0.25) is 5.91 Å². The van der Waals surface area contributed by atoms with E-state index in [4.69, 9.17) is 16.3 Å². The Kier molecular flexibility index (Phi) is 6.52. The Bertz CT molecular complexity index is 704. The molecule has 1 aliphatic rings. The van der Waals surface area contributed by atoms with Gasteiger partial charge in [0, 0.05) is 19.2 Å². The summed E-state index contributed by atoms with van der Waals surface area (Å²) in [5.74, 6) is -2.01. The van der Waals surface area contributed by atoms with E-state index >= 15 is 0 Å². The van der Waals surface area contributed by atoms with Crippen LogP contribution in [0.1, 0.15) is 18.4 Å². The molecule has 1 aliphatic carbocycles. The second kappa shape index (κ2) is 8.62. The van der Waals surface area contributed by atoms with Gasteiger partial charge >= 0.3 is 5.97 Å². The zero-order chi connectivity index (χ0) is 18.4. The van der Waals surface area contributed by atoms with Crippen LogP contribution in [0.5, 0.6) is 0 Å². The number of likely N-dealkylation sites (N-methyl/N-ethyl adjacent to an activating group) is 1. The third-order valence-corrected chi connectivity index (χ3v) is 3.73. The molecular weight excluding hydrogens is 351 g/mol. The van der Waals surface area contributed by atoms with Gasteiger partial charge in [-0.2, -0.15) is 0 Å². The molecule has 1 aromatic rings. The van der Waals surface area contributed by atoms with Crippen molar-refractivity contribution in [3.05, 3.63) is 40.7 Å². The van der Waals surface area contributed by atoms with Crippen LogP contribution in [0, 0.1) is 5.82 Å². The molecule has 1 N–H and O–H groups in total. The fraction of sp³-hybridized carbons (Fsp3) is 0.353. The highest BCUT2D eigenvalue weighted by Gasteiger charge is 2.24. The van der Waals surface area contributed by atoms with Gasteiger partial charge in [0.15, 0.2) is 6.61 Å². The lowest BCUT2D eigenvalue weighted by Crippen LogP contribution is -2.40. The van der Waals surface area contributed by atoms with E-state index in [1.54, 1.807) is 0 Å². The van der Waals surface area contributed by atoms with Crippen LogP contribution in [0.2, 0.25) is 5.02 Å². The second-order valence-electron chi connectivity index (χ2n) is 5.71. The molecule has 0 atom stereocenters. The number of amides is 2. The van der Waals surface area contributed by atoms with Crippen LogP contribution < -0.4 is 5.32 Å². The number of ether oxygens (including phenoxy) is 1. The first-order valence-corrected chi connectivity index (χ1v) is 8.06. The number of hydrogen-bond donors (Lipinski definition) is 1. The average molecular weight is 369 g/mol. The molecule has 0 bridgehead atoms. The maximum atomic E-state index is 13.0. The highest BCUT2D eigenvalue weighted by molar-refractivity contribution is 6.30. The number of hydrogen-bond acceptors (Lipinski definition) is 4. The van der Waals surface area contributed by atoms with Gasteiger partial charge in [-0.3, -0.25) is 9.59 Å². The van der Waals surface area contributed by atoms with Crippen molar-refractivity contribution < 1.29 is 23.5 Å². The Hall–Kier alpha value is -2.41. The van der Waals surface area contributed by atoms with E-state index < -0.39 is 24.3 Å². The SMILES string of the molecule is CN(CC(=O)NC1CC1)C(=O)COC(=O)/C=C/c1ccc(F)c(Cl)c1. The number of rotatable bonds is 7. The van der Waals surface area contributed by atoms with Crippen molar-refractivity contribution in [2.24, 2.45) is 0 Å². The summed E-state index contributed by atoms with van der Waals surface area (Å²) in [5, 5.41) is 2.70. The van der Waals surface area contributed by atoms with Crippen molar-refractivity contribution >= 4 is 35.5 Å². The summed E-state index contributed by atoms with van der Waals surface area (Å²) in [6.07, 6.45) is 4.43. The molecule has 0 aliphatic heterocycles. The lowest BCUT2D eigenvalue weighted by atomic mass is 10.2. The zero-order valence-corrected chi connectivity index (χ0v) is 14.4. The number of benzene rings is 1. The van der Waals surface area contributed by atoms with E-state index in [2.05, 4.69) is 5.32 Å². The van der Waals surface area contributed by atoms with Gasteiger partial charge in [0.05, 0.1) is 11.6 Å². The molecule has 0 aromatic heterocycles. The molecule has 134 valence electrons. The van der Waals surface area contributed by atoms with Gasteiger partial charge in [-0.25, -0.2) is 9.18 Å². The lowest BCUT2D eigenvalue weighted by Gasteiger charge is -2.16. The predicted octanol–water partition coefficient (Wildman–Crippen LogP) is 1.77. The second-order valence-corrected chi connectivity index (χ2v) is 6.11. The predicted molar refractivity (Wildman–Crippen MR) is 90.2 cm³/mol. The molecule has 1 aromatic carbocycles. The first-order valence-electron chi connectivity index (χ1n) is 7.68. The molecule has 6 nitrogen and oxygen atoms in total. The summed E-state index contributed by atoms with van der Waals surface area (Å²) in [5.41, 5.74) is 0.517. The van der Waals surface area contributed by atoms with Crippen LogP contribution >= 0.6 is 11.6 Å². The highest BCUT2D eigenvalue weighted by Crippen LogP contribution is 2.18. The highest BCUT2D eigenvalue weighted by atomic mass is 35.5. The van der Waals surface area contributed by atoms with E-state index in [0.717, 1.165) is 18.9 Å². The number of carbonyl (C=O) groups excluding carboxylic acids is 3. The van der Waals surface area contributed by atoms with Crippen molar-refractivity contribution in [3.8, 4) is 0 Å². The van der Waals surface area contributed by atoms with Gasteiger partial charge < -0.3 is 15.0 Å². The van der Waals surface area contributed by atoms with Gasteiger partial charge in [0.1, 0.15) is 5.82 Å². The first-order chi connectivity index (χ1) is 11.8. The molecule has 2 rings (SSSR count). The topological polar surface area (TPSA) is 75.7 Å². The minimum Gasteiger partial charge on any atom is -0.452 e. The molecule has 0 radical (unpaired) electrons. The zero-order valence-electron chi connectivity index (χ0n) is 13.6. The van der Waals surface area contributed by atoms with E-state index in [0.29, 0.717) is 5.56 Å². The van der Waals surface area contributed by atoms with Crippen LogP contribution in [0.25, 0.3) is 6.08 Å². The standard InChI is InChI=1S/C17H18ClFN2O4/c1-21(9-15(22)20-12-4-5-12)16(23)10-25-17(24)7-3-11-2-6-14(19)13(18)8-11/h2-3,6-8,12H,4-5,9-10H2,1H3,(H,20,22)/b7-3+. The molecule has 0 heterocycles. The summed E-state index contributed by atoms with van der Waals surface area (Å²) in [6, 6.07) is 4.21. The minimum atomic E-state index is -0.732. The Labute approximate surface area is 149 Å². The number of esters is 1. The van der Waals surface area contributed by atoms with E-state index in [1.807, 2.05) is 0 Å². The minimum absolute atomic E-state index is 0.0585. The van der Waals surface area contributed by atoms with Crippen molar-refractivity contribution in [1.29, 1.82) is 0 Å². The number of nitrogens with zero attached hydrogens (tertiary/aromatic N) is 1. The summed E-state index contributed by atoms with van der Waals surface area (Å²) in [7, 11) is 1.46. The van der Waals surface area contributed by atoms with Gasteiger partial charge in [-0.05, 0) is 36.6 Å². The fourth-order valence-corrected chi connectivity index (χ4v) is 2.07. The summed E-state index contributed by atoms with van der Waals surface area (Å²) in [4.78, 5) is 36.2. The van der Waals surface area contributed by atoms with Crippen molar-refractivity contribution in [3.63, 3.8) is 0 Å². The van der Waals surface area contributed by atoms with Crippen LogP contribution in [0.15, 0.2) is 24.3 Å². The number of nitrogens with one attached hydrogen (secondary N) is 1. The maximum Gasteiger partial charge on any atom is 0.331 e. The molecule has 1 fully saturated rings. The van der Waals surface area contributed by atoms with Crippen molar-refractivity contribution in [1.82, 2.24) is 10.2 Å². The first kappa shape index (κ1) is 18.9. The summed E-state index contributed by atoms with van der Waals surface area (Å²) < 4.78 is 17.8. The number of carbonyl (C=O) groups is 3. The van der Waals surface area contributed by atoms with Gasteiger partial charge in [-0.15, -0.1) is 0 Å². The van der Waals surface area contributed by atoms with Crippen molar-refractivity contribution in [2.45, 2.75) is 18.9 Å². The quantitative estimate of drug-likeness (QED) is 0.588. The maximum absolute atomic E-state index is 13.0. The van der Waals surface area contributed by atoms with E-state index in [1.165, 1.54) is 36.2 Å². The summed E-state index contributed by atoms with van der Waals surface area (Å²) >= 11 is 5.64. The molecule has 25 heavy (non-hydrogen) atoms. The fourth-order valence-electron chi connectivity index (χ4n) is 1.88. The smallest absolute Gasteiger partial charge is 0.331 e. The molecule has 1 saturated carbocycles. The molecule has 8 heteroatoms. The third kappa shape index (κ3) is 6.54. The molecule has 0 spiro atoms. The Morgan fingerprint density at radius 3 is 2.76 bits per heavy atom. The molecule has 2 amide bonds. The van der Waals surface area contributed by atoms with Crippen LogP contribution in [-0.4, -0.2) is 48.9 Å². The Morgan fingerprint density at radius 1 is 1.40 bits per heavy atom. The molecular formula is C17H18ClFN2O4. The van der Waals surface area contributed by atoms with Crippen LogP contribution in [0.3, 0.4) is 0 Å². The molecule has 0 unspecified atom stereocenters. The Balaban J connectivity index is 1.74. The Morgan fingerprint density at radius 2 is 2.12 bits per heavy atom. The van der Waals surface area contributed by atoms with Crippen LogP contribution in [-0.2, 0) is 19.1 Å². The van der Waals surface area contributed by atoms with E-state index in [-0.39, 0.29) is 23.5 Å². The number of halogens is 2. The molecule has 0 saturated heterocycles. The van der Waals surface area contributed by atoms with Crippen molar-refractivity contribution in [2.75, 3.05) is 20.2 Å². The summed E-state index contributed by atoms with van der Waals surface area (Å²) in [6.45, 7) is -0.558. The normalized spacial score (nSPS) is 13.6. The van der Waals surface area contributed by atoms with Crippen LogP contribution in [0.4, 0.5) is 4.39 Å². The lowest BCUT2D eigenvalue weighted by molar-refractivity contribution is -0.148. The van der Waals surface area contributed by atoms with Gasteiger partial charge in [-0.1, -0.05) is 17.7 Å².